The van der Waals surface area contributed by atoms with E-state index in [9.17, 15) is 9.70 Å². The lowest BCUT2D eigenvalue weighted by Gasteiger charge is -2.32. The van der Waals surface area contributed by atoms with Gasteiger partial charge in [-0.1, -0.05) is 0 Å². The molecule has 0 saturated carbocycles. The Hall–Kier alpha value is -1.79. The highest BCUT2D eigenvalue weighted by atomic mass is 16.3. The standard InChI is InChI=1S/C14H20N4O2/c1-16-7-9-18(10-8-16)11-14(19)17(2)13-5-3-12(15-20)4-6-13/h3-6H,7-11H2,1-2H3. The minimum atomic E-state index is 0.0568. The van der Waals surface area contributed by atoms with E-state index in [0.717, 1.165) is 31.9 Å². The van der Waals surface area contributed by atoms with Crippen molar-refractivity contribution in [1.29, 1.82) is 0 Å². The molecule has 0 aliphatic carbocycles. The van der Waals surface area contributed by atoms with Gasteiger partial charge < -0.3 is 9.80 Å². The van der Waals surface area contributed by atoms with Crippen LogP contribution in [0.15, 0.2) is 29.4 Å². The van der Waals surface area contributed by atoms with Crippen LogP contribution in [0.3, 0.4) is 0 Å². The SMILES string of the molecule is CN1CCN(CC(=O)N(C)c2ccc(N=O)cc2)CC1. The molecule has 1 saturated heterocycles. The third kappa shape index (κ3) is 3.61. The number of anilines is 1. The molecule has 1 amide bonds. The fraction of sp³-hybridized carbons (Fsp3) is 0.500. The molecule has 0 atom stereocenters. The number of rotatable bonds is 4. The van der Waals surface area contributed by atoms with Gasteiger partial charge >= 0.3 is 0 Å². The number of likely N-dealkylation sites (N-methyl/N-ethyl adjacent to an activating group) is 2. The zero-order valence-corrected chi connectivity index (χ0v) is 12.0. The van der Waals surface area contributed by atoms with Crippen LogP contribution in [-0.2, 0) is 4.79 Å². The summed E-state index contributed by atoms with van der Waals surface area (Å²) in [7, 11) is 3.84. The summed E-state index contributed by atoms with van der Waals surface area (Å²) in [5.74, 6) is 0.0568. The number of carbonyl (C=O) groups is 1. The van der Waals surface area contributed by atoms with E-state index >= 15 is 0 Å². The van der Waals surface area contributed by atoms with Crippen molar-refractivity contribution in [3.05, 3.63) is 29.2 Å². The van der Waals surface area contributed by atoms with Crippen LogP contribution in [-0.4, -0.2) is 62.5 Å². The van der Waals surface area contributed by atoms with E-state index in [1.54, 1.807) is 36.2 Å². The Morgan fingerprint density at radius 2 is 1.80 bits per heavy atom. The fourth-order valence-electron chi connectivity index (χ4n) is 2.18. The number of benzene rings is 1. The highest BCUT2D eigenvalue weighted by Crippen LogP contribution is 2.18. The number of nitroso groups, excluding NO2 is 1. The van der Waals surface area contributed by atoms with Gasteiger partial charge in [0.2, 0.25) is 5.91 Å². The van der Waals surface area contributed by atoms with Gasteiger partial charge in [0.15, 0.2) is 0 Å². The Balaban J connectivity index is 1.92. The maximum Gasteiger partial charge on any atom is 0.240 e. The number of hydrogen-bond donors (Lipinski definition) is 0. The molecular formula is C14H20N4O2. The molecule has 1 aliphatic rings. The van der Waals surface area contributed by atoms with Crippen LogP contribution in [0.2, 0.25) is 0 Å². The third-order valence-electron chi connectivity index (χ3n) is 3.67. The van der Waals surface area contributed by atoms with Crippen molar-refractivity contribution in [3.63, 3.8) is 0 Å². The van der Waals surface area contributed by atoms with E-state index in [1.807, 2.05) is 0 Å². The molecule has 1 aromatic rings. The first kappa shape index (κ1) is 14.6. The second-order valence-electron chi connectivity index (χ2n) is 5.14. The van der Waals surface area contributed by atoms with E-state index in [4.69, 9.17) is 0 Å². The first-order valence-electron chi connectivity index (χ1n) is 6.71. The number of piperazine rings is 1. The Kier molecular flexibility index (Phi) is 4.81. The quantitative estimate of drug-likeness (QED) is 0.778. The number of hydrogen-bond acceptors (Lipinski definition) is 5. The molecule has 1 aromatic carbocycles. The summed E-state index contributed by atoms with van der Waals surface area (Å²) in [4.78, 5) is 28.6. The summed E-state index contributed by atoms with van der Waals surface area (Å²) in [6.07, 6.45) is 0. The summed E-state index contributed by atoms with van der Waals surface area (Å²) in [6, 6.07) is 6.70. The number of amides is 1. The smallest absolute Gasteiger partial charge is 0.240 e. The van der Waals surface area contributed by atoms with Crippen LogP contribution in [0.4, 0.5) is 11.4 Å². The van der Waals surface area contributed by atoms with Gasteiger partial charge in [0.1, 0.15) is 5.69 Å². The van der Waals surface area contributed by atoms with Gasteiger partial charge in [0.25, 0.3) is 0 Å². The van der Waals surface area contributed by atoms with Gasteiger partial charge in [-0.15, -0.1) is 4.91 Å². The normalized spacial score (nSPS) is 16.9. The van der Waals surface area contributed by atoms with Crippen LogP contribution in [0.25, 0.3) is 0 Å². The van der Waals surface area contributed by atoms with E-state index in [2.05, 4.69) is 22.0 Å². The molecule has 6 heteroatoms. The third-order valence-corrected chi connectivity index (χ3v) is 3.67. The van der Waals surface area contributed by atoms with Crippen molar-refractivity contribution in [3.8, 4) is 0 Å². The molecule has 0 N–H and O–H groups in total. The van der Waals surface area contributed by atoms with Crippen molar-refractivity contribution in [2.45, 2.75) is 0 Å². The highest BCUT2D eigenvalue weighted by molar-refractivity contribution is 5.94. The van der Waals surface area contributed by atoms with Crippen molar-refractivity contribution in [2.24, 2.45) is 5.18 Å². The van der Waals surface area contributed by atoms with E-state index in [1.165, 1.54) is 0 Å². The Labute approximate surface area is 118 Å². The Morgan fingerprint density at radius 3 is 2.35 bits per heavy atom. The van der Waals surface area contributed by atoms with Gasteiger partial charge in [0.05, 0.1) is 6.54 Å². The first-order chi connectivity index (χ1) is 9.60. The van der Waals surface area contributed by atoms with Crippen molar-refractivity contribution >= 4 is 17.3 Å². The molecule has 108 valence electrons. The van der Waals surface area contributed by atoms with E-state index in [-0.39, 0.29) is 5.91 Å². The summed E-state index contributed by atoms with van der Waals surface area (Å²) >= 11 is 0. The largest absolute Gasteiger partial charge is 0.314 e. The van der Waals surface area contributed by atoms with Gasteiger partial charge in [-0.25, -0.2) is 0 Å². The van der Waals surface area contributed by atoms with Gasteiger partial charge in [-0.3, -0.25) is 9.69 Å². The molecule has 1 heterocycles. The van der Waals surface area contributed by atoms with Crippen LogP contribution >= 0.6 is 0 Å². The average molecular weight is 276 g/mol. The molecule has 0 bridgehead atoms. The van der Waals surface area contributed by atoms with Crippen LogP contribution < -0.4 is 4.90 Å². The number of nitrogens with zero attached hydrogens (tertiary/aromatic N) is 4. The molecule has 0 radical (unpaired) electrons. The summed E-state index contributed by atoms with van der Waals surface area (Å²) < 4.78 is 0. The maximum absolute atomic E-state index is 12.2. The van der Waals surface area contributed by atoms with Crippen LogP contribution in [0, 0.1) is 4.91 Å². The molecule has 1 fully saturated rings. The lowest BCUT2D eigenvalue weighted by atomic mass is 10.2. The predicted octanol–water partition coefficient (Wildman–Crippen LogP) is 1.29. The Morgan fingerprint density at radius 1 is 1.20 bits per heavy atom. The lowest BCUT2D eigenvalue weighted by Crippen LogP contribution is -2.48. The molecule has 6 nitrogen and oxygen atoms in total. The summed E-state index contributed by atoms with van der Waals surface area (Å²) in [5.41, 5.74) is 1.14. The first-order valence-corrected chi connectivity index (χ1v) is 6.71. The predicted molar refractivity (Wildman–Crippen MR) is 79.2 cm³/mol. The molecule has 20 heavy (non-hydrogen) atoms. The molecule has 2 rings (SSSR count). The molecule has 1 aliphatic heterocycles. The lowest BCUT2D eigenvalue weighted by molar-refractivity contribution is -0.119. The van der Waals surface area contributed by atoms with Gasteiger partial charge in [-0.05, 0) is 36.5 Å². The van der Waals surface area contributed by atoms with E-state index in [0.29, 0.717) is 12.2 Å². The molecular weight excluding hydrogens is 256 g/mol. The van der Waals surface area contributed by atoms with Crippen molar-refractivity contribution in [1.82, 2.24) is 9.80 Å². The second-order valence-corrected chi connectivity index (χ2v) is 5.14. The van der Waals surface area contributed by atoms with Crippen LogP contribution in [0.5, 0.6) is 0 Å². The molecule has 0 aromatic heterocycles. The van der Waals surface area contributed by atoms with Crippen molar-refractivity contribution < 1.29 is 4.79 Å². The number of carbonyl (C=O) groups excluding carboxylic acids is 1. The van der Waals surface area contributed by atoms with Crippen molar-refractivity contribution in [2.75, 3.05) is 51.7 Å². The molecule has 0 spiro atoms. The van der Waals surface area contributed by atoms with E-state index < -0.39 is 0 Å². The van der Waals surface area contributed by atoms with Gasteiger partial charge in [0, 0.05) is 38.9 Å². The Bertz CT molecular complexity index is 467. The molecule has 0 unspecified atom stereocenters. The van der Waals surface area contributed by atoms with Gasteiger partial charge in [-0.2, -0.15) is 0 Å². The summed E-state index contributed by atoms with van der Waals surface area (Å²) in [5, 5.41) is 2.85. The monoisotopic (exact) mass is 276 g/mol. The minimum absolute atomic E-state index is 0.0568. The second kappa shape index (κ2) is 6.58. The fourth-order valence-corrected chi connectivity index (χ4v) is 2.18. The topological polar surface area (TPSA) is 56.2 Å². The van der Waals surface area contributed by atoms with Crippen LogP contribution in [0.1, 0.15) is 0 Å². The maximum atomic E-state index is 12.2. The highest BCUT2D eigenvalue weighted by Gasteiger charge is 2.19. The zero-order valence-electron chi connectivity index (χ0n) is 12.0. The zero-order chi connectivity index (χ0) is 14.5. The minimum Gasteiger partial charge on any atom is -0.314 e. The average Bonchev–Trinajstić information content (AvgIpc) is 2.49. The summed E-state index contributed by atoms with van der Waals surface area (Å²) in [6.45, 7) is 4.26.